The number of carbonyl (C=O) groups is 1. The Morgan fingerprint density at radius 2 is 2.00 bits per heavy atom. The van der Waals surface area contributed by atoms with Gasteiger partial charge in [0.1, 0.15) is 0 Å². The molecule has 1 aromatic rings. The molecule has 1 amide bonds. The van der Waals surface area contributed by atoms with Crippen molar-refractivity contribution < 1.29 is 22.7 Å². The van der Waals surface area contributed by atoms with E-state index in [1.165, 1.54) is 6.07 Å². The predicted molar refractivity (Wildman–Crippen MR) is 91.6 cm³/mol. The summed E-state index contributed by atoms with van der Waals surface area (Å²) in [6, 6.07) is 4.30. The fourth-order valence-corrected chi connectivity index (χ4v) is 3.58. The Morgan fingerprint density at radius 1 is 1.27 bits per heavy atom. The summed E-state index contributed by atoms with van der Waals surface area (Å²) in [5.74, 6) is -0.421. The van der Waals surface area contributed by atoms with Gasteiger partial charge in [-0.05, 0) is 37.0 Å². The van der Waals surface area contributed by atoms with E-state index in [4.69, 9.17) is 10.5 Å². The standard InChI is InChI=1S/C18H24F3N3O2/c19-18(20,21)16-10-15(24-5-7-26-8-6-24)4-2-13(16)11-23-17(25)12-1-3-14(22)9-12/h2,4,10,12,14H,1,3,5-9,11,22H2,(H,23,25). The Balaban J connectivity index is 1.72. The molecule has 5 nitrogen and oxygen atoms in total. The third-order valence-corrected chi connectivity index (χ3v) is 5.07. The molecule has 1 saturated carbocycles. The van der Waals surface area contributed by atoms with Crippen molar-refractivity contribution in [3.05, 3.63) is 29.3 Å². The van der Waals surface area contributed by atoms with Crippen molar-refractivity contribution in [3.8, 4) is 0 Å². The average molecular weight is 371 g/mol. The highest BCUT2D eigenvalue weighted by Crippen LogP contribution is 2.35. The minimum absolute atomic E-state index is 0.00397. The lowest BCUT2D eigenvalue weighted by molar-refractivity contribution is -0.138. The van der Waals surface area contributed by atoms with Gasteiger partial charge < -0.3 is 20.7 Å². The zero-order chi connectivity index (χ0) is 18.7. The van der Waals surface area contributed by atoms with Gasteiger partial charge in [0.05, 0.1) is 18.8 Å². The molecule has 1 aliphatic carbocycles. The van der Waals surface area contributed by atoms with Crippen LogP contribution in [0, 0.1) is 5.92 Å². The number of ether oxygens (including phenoxy) is 1. The smallest absolute Gasteiger partial charge is 0.378 e. The second kappa shape index (κ2) is 7.84. The number of anilines is 1. The van der Waals surface area contributed by atoms with Gasteiger partial charge in [-0.3, -0.25) is 4.79 Å². The number of nitrogens with two attached hydrogens (primary N) is 1. The first-order valence-electron chi connectivity index (χ1n) is 8.90. The van der Waals surface area contributed by atoms with Crippen molar-refractivity contribution in [3.63, 3.8) is 0 Å². The van der Waals surface area contributed by atoms with Crippen LogP contribution in [0.25, 0.3) is 0 Å². The lowest BCUT2D eigenvalue weighted by Crippen LogP contribution is -2.36. The SMILES string of the molecule is NC1CCC(C(=O)NCc2ccc(N3CCOCC3)cc2C(F)(F)F)C1. The van der Waals surface area contributed by atoms with Gasteiger partial charge in [-0.2, -0.15) is 13.2 Å². The average Bonchev–Trinajstić information content (AvgIpc) is 3.06. The molecule has 1 aromatic carbocycles. The van der Waals surface area contributed by atoms with Gasteiger partial charge in [0.2, 0.25) is 5.91 Å². The zero-order valence-electron chi connectivity index (χ0n) is 14.5. The van der Waals surface area contributed by atoms with Crippen LogP contribution in [-0.4, -0.2) is 38.3 Å². The van der Waals surface area contributed by atoms with E-state index in [0.717, 1.165) is 12.5 Å². The van der Waals surface area contributed by atoms with Crippen molar-refractivity contribution in [1.82, 2.24) is 5.32 Å². The molecular weight excluding hydrogens is 347 g/mol. The fourth-order valence-electron chi connectivity index (χ4n) is 3.58. The van der Waals surface area contributed by atoms with Crippen LogP contribution in [-0.2, 0) is 22.3 Å². The molecule has 0 aromatic heterocycles. The van der Waals surface area contributed by atoms with Crippen LogP contribution in [0.15, 0.2) is 18.2 Å². The molecule has 0 bridgehead atoms. The molecule has 2 aliphatic rings. The van der Waals surface area contributed by atoms with Gasteiger partial charge >= 0.3 is 6.18 Å². The first-order valence-corrected chi connectivity index (χ1v) is 8.90. The molecule has 144 valence electrons. The Bertz CT molecular complexity index is 645. The molecular formula is C18H24F3N3O2. The van der Waals surface area contributed by atoms with Crippen LogP contribution in [0.1, 0.15) is 30.4 Å². The maximum absolute atomic E-state index is 13.5. The zero-order valence-corrected chi connectivity index (χ0v) is 14.5. The van der Waals surface area contributed by atoms with Gasteiger partial charge in [0.15, 0.2) is 0 Å². The number of carbonyl (C=O) groups excluding carboxylic acids is 1. The molecule has 3 rings (SSSR count). The molecule has 1 heterocycles. The van der Waals surface area contributed by atoms with Crippen LogP contribution in [0.2, 0.25) is 0 Å². The molecule has 8 heteroatoms. The number of nitrogens with zero attached hydrogens (tertiary/aromatic N) is 1. The molecule has 26 heavy (non-hydrogen) atoms. The summed E-state index contributed by atoms with van der Waals surface area (Å²) < 4.78 is 45.7. The number of morpholine rings is 1. The van der Waals surface area contributed by atoms with Crippen molar-refractivity contribution in [2.24, 2.45) is 11.7 Å². The summed E-state index contributed by atoms with van der Waals surface area (Å²) >= 11 is 0. The van der Waals surface area contributed by atoms with Crippen LogP contribution < -0.4 is 16.0 Å². The van der Waals surface area contributed by atoms with Crippen molar-refractivity contribution in [1.29, 1.82) is 0 Å². The van der Waals surface area contributed by atoms with Gasteiger partial charge in [0.25, 0.3) is 0 Å². The maximum Gasteiger partial charge on any atom is 0.416 e. The highest BCUT2D eigenvalue weighted by atomic mass is 19.4. The summed E-state index contributed by atoms with van der Waals surface area (Å²) in [6.45, 7) is 2.00. The number of hydrogen-bond donors (Lipinski definition) is 2. The highest BCUT2D eigenvalue weighted by molar-refractivity contribution is 5.79. The Kier molecular flexibility index (Phi) is 5.72. The summed E-state index contributed by atoms with van der Waals surface area (Å²) in [7, 11) is 0. The van der Waals surface area contributed by atoms with E-state index >= 15 is 0 Å². The van der Waals surface area contributed by atoms with Crippen molar-refractivity contribution in [2.45, 2.75) is 38.0 Å². The second-order valence-electron chi connectivity index (χ2n) is 6.93. The summed E-state index contributed by atoms with van der Waals surface area (Å²) in [5, 5.41) is 2.64. The number of nitrogens with one attached hydrogen (secondary N) is 1. The molecule has 0 radical (unpaired) electrons. The monoisotopic (exact) mass is 371 g/mol. The van der Waals surface area contributed by atoms with Crippen LogP contribution in [0.4, 0.5) is 18.9 Å². The van der Waals surface area contributed by atoms with Gasteiger partial charge in [0, 0.05) is 37.3 Å². The molecule has 0 spiro atoms. The van der Waals surface area contributed by atoms with Crippen molar-refractivity contribution >= 4 is 11.6 Å². The molecule has 2 unspecified atom stereocenters. The number of rotatable bonds is 4. The van der Waals surface area contributed by atoms with E-state index in [9.17, 15) is 18.0 Å². The largest absolute Gasteiger partial charge is 0.416 e. The van der Waals surface area contributed by atoms with Crippen LogP contribution in [0.3, 0.4) is 0 Å². The van der Waals surface area contributed by atoms with E-state index in [1.54, 1.807) is 6.07 Å². The first-order chi connectivity index (χ1) is 12.3. The van der Waals surface area contributed by atoms with Crippen LogP contribution >= 0.6 is 0 Å². The quantitative estimate of drug-likeness (QED) is 0.852. The fraction of sp³-hybridized carbons (Fsp3) is 0.611. The summed E-state index contributed by atoms with van der Waals surface area (Å²) in [5.41, 5.74) is 5.69. The van der Waals surface area contributed by atoms with Crippen LogP contribution in [0.5, 0.6) is 0 Å². The normalized spacial score (nSPS) is 23.9. The first kappa shape index (κ1) is 19.0. The summed E-state index contributed by atoms with van der Waals surface area (Å²) in [4.78, 5) is 14.0. The molecule has 2 atom stereocenters. The number of benzene rings is 1. The predicted octanol–water partition coefficient (Wildman–Crippen LogP) is 2.29. The molecule has 1 aliphatic heterocycles. The summed E-state index contributed by atoms with van der Waals surface area (Å²) in [6.07, 6.45) is -2.42. The topological polar surface area (TPSA) is 67.6 Å². The van der Waals surface area contributed by atoms with Crippen molar-refractivity contribution in [2.75, 3.05) is 31.2 Å². The molecule has 2 fully saturated rings. The lowest BCUT2D eigenvalue weighted by atomic mass is 10.0. The van der Waals surface area contributed by atoms with E-state index in [-0.39, 0.29) is 30.0 Å². The second-order valence-corrected chi connectivity index (χ2v) is 6.93. The van der Waals surface area contributed by atoms with E-state index in [2.05, 4.69) is 5.32 Å². The van der Waals surface area contributed by atoms with E-state index in [1.807, 2.05) is 4.90 Å². The van der Waals surface area contributed by atoms with E-state index < -0.39 is 11.7 Å². The molecule has 1 saturated heterocycles. The Labute approximate surface area is 150 Å². The highest BCUT2D eigenvalue weighted by Gasteiger charge is 2.34. The Hall–Kier alpha value is -1.80. The third kappa shape index (κ3) is 4.48. The number of halogens is 3. The van der Waals surface area contributed by atoms with E-state index in [0.29, 0.717) is 44.8 Å². The number of amides is 1. The minimum Gasteiger partial charge on any atom is -0.378 e. The van der Waals surface area contributed by atoms with Gasteiger partial charge in [-0.1, -0.05) is 6.07 Å². The van der Waals surface area contributed by atoms with Gasteiger partial charge in [-0.25, -0.2) is 0 Å². The lowest BCUT2D eigenvalue weighted by Gasteiger charge is -2.29. The number of hydrogen-bond acceptors (Lipinski definition) is 4. The minimum atomic E-state index is -4.47. The van der Waals surface area contributed by atoms with Gasteiger partial charge in [-0.15, -0.1) is 0 Å². The third-order valence-electron chi connectivity index (χ3n) is 5.07. The maximum atomic E-state index is 13.5. The number of alkyl halides is 3. The Morgan fingerprint density at radius 3 is 2.62 bits per heavy atom. The molecule has 3 N–H and O–H groups in total.